The minimum Gasteiger partial charge on any atom is -0.467 e. The van der Waals surface area contributed by atoms with Crippen molar-refractivity contribution in [3.05, 3.63) is 55.0 Å². The molecule has 1 aliphatic rings. The lowest BCUT2D eigenvalue weighted by Crippen LogP contribution is -2.45. The van der Waals surface area contributed by atoms with Gasteiger partial charge >= 0.3 is 18.3 Å². The van der Waals surface area contributed by atoms with Gasteiger partial charge in [0.1, 0.15) is 17.1 Å². The molecule has 4 heterocycles. The maximum absolute atomic E-state index is 13.9. The Labute approximate surface area is 285 Å². The van der Waals surface area contributed by atoms with Gasteiger partial charge in [0.2, 0.25) is 16.0 Å². The summed E-state index contributed by atoms with van der Waals surface area (Å²) in [6.07, 6.45) is 5.18. The molecule has 0 unspecified atom stereocenters. The maximum atomic E-state index is 13.9. The van der Waals surface area contributed by atoms with Crippen molar-refractivity contribution < 1.29 is 35.9 Å². The average molecular weight is 718 g/mol. The van der Waals surface area contributed by atoms with Crippen LogP contribution in [0.15, 0.2) is 54.3 Å². The summed E-state index contributed by atoms with van der Waals surface area (Å²) in [5, 5.41) is 8.24. The quantitative estimate of drug-likeness (QED) is 0.228. The fourth-order valence-corrected chi connectivity index (χ4v) is 5.71. The van der Waals surface area contributed by atoms with Crippen molar-refractivity contribution in [2.45, 2.75) is 48.8 Å². The molecule has 0 bridgehead atoms. The molecule has 20 heteroatoms. The van der Waals surface area contributed by atoms with E-state index in [1.54, 1.807) is 12.4 Å². The van der Waals surface area contributed by atoms with Crippen LogP contribution in [-0.4, -0.2) is 101 Å². The second-order valence-corrected chi connectivity index (χ2v) is 13.1. The first-order valence-corrected chi connectivity index (χ1v) is 16.8. The van der Waals surface area contributed by atoms with E-state index in [1.807, 2.05) is 19.0 Å². The molecule has 4 aromatic heterocycles. The number of carbonyl (C=O) groups is 1. The van der Waals surface area contributed by atoms with Gasteiger partial charge in [-0.3, -0.25) is 14.9 Å². The van der Waals surface area contributed by atoms with Crippen LogP contribution < -0.4 is 20.1 Å². The van der Waals surface area contributed by atoms with Gasteiger partial charge in [-0.05, 0) is 45.8 Å². The Balaban J connectivity index is 1.33. The number of nitrogens with zero attached hydrogens (tertiary/aromatic N) is 9. The average Bonchev–Trinajstić information content (AvgIpc) is 3.08. The number of likely N-dealkylation sites (N-methyl/N-ethyl adjacent to an activating group) is 1. The van der Waals surface area contributed by atoms with Gasteiger partial charge in [-0.25, -0.2) is 43.3 Å². The molecule has 0 aliphatic heterocycles. The second-order valence-electron chi connectivity index (χ2n) is 11.6. The van der Waals surface area contributed by atoms with Crippen LogP contribution in [0.5, 0.6) is 6.01 Å². The summed E-state index contributed by atoms with van der Waals surface area (Å²) in [5.74, 6) is 0.182. The highest BCUT2D eigenvalue weighted by molar-refractivity contribution is 7.89. The number of pyridine rings is 1. The van der Waals surface area contributed by atoms with Crippen molar-refractivity contribution in [3.8, 4) is 28.5 Å². The lowest BCUT2D eigenvalue weighted by atomic mass is 9.90. The van der Waals surface area contributed by atoms with Crippen molar-refractivity contribution >= 4 is 27.9 Å². The highest BCUT2D eigenvalue weighted by Crippen LogP contribution is 2.37. The number of hydrogen-bond acceptors (Lipinski definition) is 14. The number of methoxy groups -OCH3 is 1. The number of nitrogens with two attached hydrogens (primary N) is 1. The lowest BCUT2D eigenvalue weighted by Gasteiger charge is -2.35. The van der Waals surface area contributed by atoms with Crippen LogP contribution in [0, 0.1) is 0 Å². The molecular formula is C30H34F3N11O5S. The highest BCUT2D eigenvalue weighted by Gasteiger charge is 2.37. The van der Waals surface area contributed by atoms with Crippen LogP contribution >= 0.6 is 0 Å². The third-order valence-electron chi connectivity index (χ3n) is 7.76. The molecule has 50 heavy (non-hydrogen) atoms. The number of amides is 1. The molecular weight excluding hydrogens is 683 g/mol. The predicted octanol–water partition coefficient (Wildman–Crippen LogP) is 3.39. The summed E-state index contributed by atoms with van der Waals surface area (Å²) in [6.45, 7) is 0.660. The van der Waals surface area contributed by atoms with Gasteiger partial charge in [0.15, 0.2) is 5.82 Å². The van der Waals surface area contributed by atoms with E-state index in [9.17, 15) is 26.4 Å². The van der Waals surface area contributed by atoms with Crippen LogP contribution in [0.1, 0.15) is 31.2 Å². The number of anilines is 2. The molecule has 0 radical (unpaired) electrons. The third kappa shape index (κ3) is 8.93. The van der Waals surface area contributed by atoms with Crippen molar-refractivity contribution in [1.82, 2.24) is 39.8 Å². The zero-order valence-electron chi connectivity index (χ0n) is 27.2. The van der Waals surface area contributed by atoms with Crippen molar-refractivity contribution in [1.29, 1.82) is 0 Å². The fraction of sp³-hybridized carbons (Fsp3) is 0.400. The molecule has 4 aromatic rings. The summed E-state index contributed by atoms with van der Waals surface area (Å²) >= 11 is 0. The molecule has 0 spiro atoms. The van der Waals surface area contributed by atoms with Crippen LogP contribution in [0.25, 0.3) is 22.5 Å². The minimum atomic E-state index is -4.84. The Morgan fingerprint density at radius 2 is 1.68 bits per heavy atom. The smallest absolute Gasteiger partial charge is 0.419 e. The first-order valence-electron chi connectivity index (χ1n) is 15.2. The molecule has 3 N–H and O–H groups in total. The second kappa shape index (κ2) is 15.2. The number of hydrogen-bond donors (Lipinski definition) is 2. The summed E-state index contributed by atoms with van der Waals surface area (Å²) in [4.78, 5) is 45.1. The first kappa shape index (κ1) is 36.2. The number of nitrogens with one attached hydrogen (secondary N) is 1. The Morgan fingerprint density at radius 3 is 2.28 bits per heavy atom. The molecule has 0 aromatic carbocycles. The predicted molar refractivity (Wildman–Crippen MR) is 173 cm³/mol. The van der Waals surface area contributed by atoms with Gasteiger partial charge in [0, 0.05) is 60.7 Å². The SMILES string of the molecule is COc1ncc(-c2cnc(N(C(=O)OCCN(C)C)C3CCC(Nc4ncc(C(F)(F)F)c(-c5cncc(S(N)(=O)=O)c5)n4)CC3)cn2)cn1. The largest absolute Gasteiger partial charge is 0.467 e. The highest BCUT2D eigenvalue weighted by atomic mass is 32.2. The standard InChI is InChI=1S/C30H34F3N11O5S/c1-43(2)8-9-49-29(45)44(25-17-36-24(16-37-25)19-12-39-28(48-3)40-13-19)21-6-4-20(5-7-21)41-27-38-15-23(30(31,32)33)26(42-27)18-10-22(14-35-11-18)50(34,46)47/h10-17,20-21H,4-9H2,1-3H3,(H2,34,46,47)(H,38,41,42). The Morgan fingerprint density at radius 1 is 0.960 bits per heavy atom. The van der Waals surface area contributed by atoms with E-state index in [0.29, 0.717) is 49.7 Å². The first-order chi connectivity index (χ1) is 23.7. The van der Waals surface area contributed by atoms with E-state index < -0.39 is 38.4 Å². The van der Waals surface area contributed by atoms with Crippen LogP contribution in [0.2, 0.25) is 0 Å². The zero-order chi connectivity index (χ0) is 36.1. The number of rotatable bonds is 11. The van der Waals surface area contributed by atoms with E-state index in [1.165, 1.54) is 24.4 Å². The van der Waals surface area contributed by atoms with Gasteiger partial charge in [-0.15, -0.1) is 0 Å². The normalized spacial score (nSPS) is 16.6. The molecule has 0 saturated heterocycles. The molecule has 5 rings (SSSR count). The van der Waals surface area contributed by atoms with E-state index in [0.717, 1.165) is 18.5 Å². The fourth-order valence-electron chi connectivity index (χ4n) is 5.21. The number of halogens is 3. The van der Waals surface area contributed by atoms with E-state index in [4.69, 9.17) is 14.6 Å². The number of sulfonamides is 1. The van der Waals surface area contributed by atoms with Gasteiger partial charge in [0.05, 0.1) is 30.9 Å². The topological polar surface area (TPSA) is 204 Å². The lowest BCUT2D eigenvalue weighted by molar-refractivity contribution is -0.137. The molecule has 0 atom stereocenters. The summed E-state index contributed by atoms with van der Waals surface area (Å²) in [6, 6.07) is 0.578. The van der Waals surface area contributed by atoms with Crippen molar-refractivity contribution in [2.75, 3.05) is 44.6 Å². The number of ether oxygens (including phenoxy) is 2. The summed E-state index contributed by atoms with van der Waals surface area (Å²) in [7, 11) is 0.929. The van der Waals surface area contributed by atoms with Crippen LogP contribution in [0.4, 0.5) is 29.7 Å². The number of carbonyl (C=O) groups excluding carboxylic acids is 1. The maximum Gasteiger partial charge on any atom is 0.419 e. The van der Waals surface area contributed by atoms with Crippen LogP contribution in [-0.2, 0) is 20.9 Å². The van der Waals surface area contributed by atoms with Gasteiger partial charge < -0.3 is 19.7 Å². The zero-order valence-corrected chi connectivity index (χ0v) is 28.0. The monoisotopic (exact) mass is 717 g/mol. The molecule has 266 valence electrons. The van der Waals surface area contributed by atoms with Gasteiger partial charge in [-0.1, -0.05) is 0 Å². The molecule has 1 aliphatic carbocycles. The third-order valence-corrected chi connectivity index (χ3v) is 8.64. The summed E-state index contributed by atoms with van der Waals surface area (Å²) in [5.41, 5.74) is -0.855. The number of alkyl halides is 3. The van der Waals surface area contributed by atoms with Crippen molar-refractivity contribution in [2.24, 2.45) is 5.14 Å². The van der Waals surface area contributed by atoms with Gasteiger partial charge in [0.25, 0.3) is 0 Å². The molecule has 1 fully saturated rings. The Bertz CT molecular complexity index is 1890. The van der Waals surface area contributed by atoms with Crippen molar-refractivity contribution in [3.63, 3.8) is 0 Å². The summed E-state index contributed by atoms with van der Waals surface area (Å²) < 4.78 is 75.9. The van der Waals surface area contributed by atoms with E-state index >= 15 is 0 Å². The molecule has 1 saturated carbocycles. The minimum absolute atomic E-state index is 0.0959. The number of aromatic nitrogens is 7. The van der Waals surface area contributed by atoms with Gasteiger partial charge in [-0.2, -0.15) is 13.2 Å². The molecule has 16 nitrogen and oxygen atoms in total. The van der Waals surface area contributed by atoms with E-state index in [2.05, 4.69) is 40.2 Å². The Kier molecular flexibility index (Phi) is 11.0. The Hall–Kier alpha value is -5.08. The molecule has 1 amide bonds. The van der Waals surface area contributed by atoms with E-state index in [-0.39, 0.29) is 42.0 Å². The van der Waals surface area contributed by atoms with Crippen LogP contribution in [0.3, 0.4) is 0 Å². The number of primary sulfonamides is 1.